The normalized spacial score (nSPS) is 8.67. The SMILES string of the molecule is CC.OCCc1ccc(Br)cc1. The van der Waals surface area contributed by atoms with E-state index >= 15 is 0 Å². The molecule has 68 valence electrons. The van der Waals surface area contributed by atoms with E-state index in [4.69, 9.17) is 5.11 Å². The van der Waals surface area contributed by atoms with Crippen LogP contribution in [0.2, 0.25) is 0 Å². The zero-order chi connectivity index (χ0) is 9.40. The monoisotopic (exact) mass is 230 g/mol. The molecule has 12 heavy (non-hydrogen) atoms. The summed E-state index contributed by atoms with van der Waals surface area (Å²) in [5, 5.41) is 8.58. The van der Waals surface area contributed by atoms with Gasteiger partial charge in [-0.05, 0) is 24.1 Å². The summed E-state index contributed by atoms with van der Waals surface area (Å²) in [5.41, 5.74) is 1.17. The predicted molar refractivity (Wildman–Crippen MR) is 56.3 cm³/mol. The van der Waals surface area contributed by atoms with Crippen molar-refractivity contribution in [2.24, 2.45) is 0 Å². The largest absolute Gasteiger partial charge is 0.396 e. The fourth-order valence-corrected chi connectivity index (χ4v) is 1.04. The van der Waals surface area contributed by atoms with Crippen LogP contribution in [0.3, 0.4) is 0 Å². The van der Waals surface area contributed by atoms with Gasteiger partial charge in [0, 0.05) is 11.1 Å². The molecule has 1 rings (SSSR count). The Balaban J connectivity index is 0.000000561. The van der Waals surface area contributed by atoms with Gasteiger partial charge in [-0.25, -0.2) is 0 Å². The molecule has 0 aliphatic rings. The lowest BCUT2D eigenvalue weighted by atomic mass is 10.2. The molecule has 0 spiro atoms. The molecule has 0 radical (unpaired) electrons. The lowest BCUT2D eigenvalue weighted by Gasteiger charge is -1.96. The fourth-order valence-electron chi connectivity index (χ4n) is 0.780. The maximum absolute atomic E-state index is 8.58. The second kappa shape index (κ2) is 7.32. The number of hydrogen-bond donors (Lipinski definition) is 1. The molecule has 0 aromatic heterocycles. The quantitative estimate of drug-likeness (QED) is 0.829. The molecular weight excluding hydrogens is 216 g/mol. The van der Waals surface area contributed by atoms with Gasteiger partial charge in [-0.1, -0.05) is 41.9 Å². The molecule has 1 nitrogen and oxygen atoms in total. The van der Waals surface area contributed by atoms with Gasteiger partial charge in [0.05, 0.1) is 0 Å². The molecule has 0 atom stereocenters. The van der Waals surface area contributed by atoms with E-state index in [-0.39, 0.29) is 6.61 Å². The first-order chi connectivity index (χ1) is 5.83. The van der Waals surface area contributed by atoms with E-state index in [2.05, 4.69) is 15.9 Å². The van der Waals surface area contributed by atoms with Crippen molar-refractivity contribution in [3.05, 3.63) is 34.3 Å². The first-order valence-corrected chi connectivity index (χ1v) is 4.97. The Hall–Kier alpha value is -0.340. The van der Waals surface area contributed by atoms with Gasteiger partial charge in [-0.3, -0.25) is 0 Å². The van der Waals surface area contributed by atoms with Crippen LogP contribution >= 0.6 is 15.9 Å². The van der Waals surface area contributed by atoms with Crippen LogP contribution in [0.1, 0.15) is 19.4 Å². The fraction of sp³-hybridized carbons (Fsp3) is 0.400. The zero-order valence-corrected chi connectivity index (χ0v) is 9.13. The molecule has 0 saturated carbocycles. The van der Waals surface area contributed by atoms with Gasteiger partial charge in [0.25, 0.3) is 0 Å². The molecular formula is C10H15BrO. The van der Waals surface area contributed by atoms with E-state index in [1.165, 1.54) is 5.56 Å². The van der Waals surface area contributed by atoms with Gasteiger partial charge in [-0.2, -0.15) is 0 Å². The Morgan fingerprint density at radius 3 is 2.08 bits per heavy atom. The summed E-state index contributed by atoms with van der Waals surface area (Å²) in [7, 11) is 0. The average molecular weight is 231 g/mol. The van der Waals surface area contributed by atoms with Gasteiger partial charge in [0.1, 0.15) is 0 Å². The Morgan fingerprint density at radius 2 is 1.67 bits per heavy atom. The molecule has 2 heteroatoms. The minimum Gasteiger partial charge on any atom is -0.396 e. The third-order valence-electron chi connectivity index (χ3n) is 1.31. The summed E-state index contributed by atoms with van der Waals surface area (Å²) in [6.07, 6.45) is 0.743. The Labute approximate surface area is 82.6 Å². The van der Waals surface area contributed by atoms with Crippen LogP contribution in [0, 0.1) is 0 Å². The maximum Gasteiger partial charge on any atom is 0.0471 e. The summed E-state index contributed by atoms with van der Waals surface area (Å²) in [6, 6.07) is 7.95. The van der Waals surface area contributed by atoms with Crippen LogP contribution in [0.15, 0.2) is 28.7 Å². The molecule has 0 heterocycles. The predicted octanol–water partition coefficient (Wildman–Crippen LogP) is 3.01. The molecule has 1 aromatic rings. The highest BCUT2D eigenvalue weighted by Crippen LogP contribution is 2.10. The van der Waals surface area contributed by atoms with Crippen LogP contribution in [-0.4, -0.2) is 11.7 Å². The summed E-state index contributed by atoms with van der Waals surface area (Å²) in [6.45, 7) is 4.22. The number of aliphatic hydroxyl groups excluding tert-OH is 1. The zero-order valence-electron chi connectivity index (χ0n) is 7.55. The van der Waals surface area contributed by atoms with Crippen molar-refractivity contribution in [2.75, 3.05) is 6.61 Å². The van der Waals surface area contributed by atoms with Crippen molar-refractivity contribution in [1.82, 2.24) is 0 Å². The second-order valence-corrected chi connectivity index (χ2v) is 3.02. The van der Waals surface area contributed by atoms with Gasteiger partial charge in [0.15, 0.2) is 0 Å². The molecule has 0 saturated heterocycles. The van der Waals surface area contributed by atoms with Crippen LogP contribution in [-0.2, 0) is 6.42 Å². The van der Waals surface area contributed by atoms with Crippen molar-refractivity contribution < 1.29 is 5.11 Å². The van der Waals surface area contributed by atoms with E-state index < -0.39 is 0 Å². The molecule has 0 unspecified atom stereocenters. The average Bonchev–Trinajstić information content (AvgIpc) is 2.13. The van der Waals surface area contributed by atoms with Gasteiger partial charge < -0.3 is 5.11 Å². The lowest BCUT2D eigenvalue weighted by Crippen LogP contribution is -1.88. The molecule has 1 N–H and O–H groups in total. The van der Waals surface area contributed by atoms with Gasteiger partial charge in [0.2, 0.25) is 0 Å². The molecule has 0 aliphatic carbocycles. The third kappa shape index (κ3) is 4.52. The van der Waals surface area contributed by atoms with Crippen molar-refractivity contribution >= 4 is 15.9 Å². The molecule has 0 bridgehead atoms. The molecule has 0 aliphatic heterocycles. The number of benzene rings is 1. The van der Waals surface area contributed by atoms with Crippen LogP contribution in [0.4, 0.5) is 0 Å². The van der Waals surface area contributed by atoms with E-state index in [0.29, 0.717) is 0 Å². The van der Waals surface area contributed by atoms with Crippen LogP contribution in [0.25, 0.3) is 0 Å². The first-order valence-electron chi connectivity index (χ1n) is 4.18. The highest BCUT2D eigenvalue weighted by molar-refractivity contribution is 9.10. The van der Waals surface area contributed by atoms with E-state index in [0.717, 1.165) is 10.9 Å². The minimum atomic E-state index is 0.224. The number of halogens is 1. The van der Waals surface area contributed by atoms with E-state index in [1.807, 2.05) is 38.1 Å². The topological polar surface area (TPSA) is 20.2 Å². The summed E-state index contributed by atoms with van der Waals surface area (Å²) < 4.78 is 1.08. The standard InChI is InChI=1S/C8H9BrO.C2H6/c9-8-3-1-7(2-4-8)5-6-10;1-2/h1-4,10H,5-6H2;1-2H3. The van der Waals surface area contributed by atoms with E-state index in [1.54, 1.807) is 0 Å². The van der Waals surface area contributed by atoms with Crippen molar-refractivity contribution in [3.8, 4) is 0 Å². The van der Waals surface area contributed by atoms with Crippen LogP contribution < -0.4 is 0 Å². The second-order valence-electron chi connectivity index (χ2n) is 2.10. The van der Waals surface area contributed by atoms with Crippen molar-refractivity contribution in [2.45, 2.75) is 20.3 Å². The summed E-state index contributed by atoms with van der Waals surface area (Å²) in [4.78, 5) is 0. The number of hydrogen-bond acceptors (Lipinski definition) is 1. The number of rotatable bonds is 2. The molecule has 1 aromatic carbocycles. The highest BCUT2D eigenvalue weighted by Gasteiger charge is 1.89. The van der Waals surface area contributed by atoms with Gasteiger partial charge >= 0.3 is 0 Å². The Bertz CT molecular complexity index is 193. The van der Waals surface area contributed by atoms with E-state index in [9.17, 15) is 0 Å². The maximum atomic E-state index is 8.58. The van der Waals surface area contributed by atoms with Crippen molar-refractivity contribution in [1.29, 1.82) is 0 Å². The third-order valence-corrected chi connectivity index (χ3v) is 1.84. The molecule has 0 fully saturated rings. The first kappa shape index (κ1) is 11.7. The Morgan fingerprint density at radius 1 is 1.17 bits per heavy atom. The molecule has 0 amide bonds. The van der Waals surface area contributed by atoms with Crippen molar-refractivity contribution in [3.63, 3.8) is 0 Å². The Kier molecular flexibility index (Phi) is 7.11. The summed E-state index contributed by atoms with van der Waals surface area (Å²) >= 11 is 3.33. The lowest BCUT2D eigenvalue weighted by molar-refractivity contribution is 0.299. The smallest absolute Gasteiger partial charge is 0.0471 e. The minimum absolute atomic E-state index is 0.224. The summed E-state index contributed by atoms with van der Waals surface area (Å²) in [5.74, 6) is 0. The van der Waals surface area contributed by atoms with Crippen LogP contribution in [0.5, 0.6) is 0 Å². The number of aliphatic hydroxyl groups is 1. The van der Waals surface area contributed by atoms with Gasteiger partial charge in [-0.15, -0.1) is 0 Å². The highest BCUT2D eigenvalue weighted by atomic mass is 79.9.